The second-order valence-corrected chi connectivity index (χ2v) is 31.4. The molecule has 4 aromatic heterocycles. The molecule has 12 heteroatoms. The molecule has 8 nitrogen and oxygen atoms in total. The van der Waals surface area contributed by atoms with Crippen molar-refractivity contribution in [2.75, 3.05) is 45.8 Å². The van der Waals surface area contributed by atoms with Crippen LogP contribution in [0.5, 0.6) is 0 Å². The molecule has 0 amide bonds. The molecule has 10 aliphatic heterocycles. The molecule has 1 unspecified atom stereocenters. The fourth-order valence-electron chi connectivity index (χ4n) is 23.3. The Labute approximate surface area is 599 Å². The van der Waals surface area contributed by atoms with E-state index in [-0.39, 0.29) is 33.3 Å². The first kappa shape index (κ1) is 53.6. The lowest BCUT2D eigenvalue weighted by Gasteiger charge is -2.47. The molecule has 0 bridgehead atoms. The fourth-order valence-corrected chi connectivity index (χ4v) is 23.3. The smallest absolute Gasteiger partial charge is 0.333 e. The van der Waals surface area contributed by atoms with Crippen molar-refractivity contribution in [3.8, 4) is 44.5 Å². The van der Waals surface area contributed by atoms with E-state index in [0.29, 0.717) is 0 Å². The van der Waals surface area contributed by atoms with Gasteiger partial charge >= 0.3 is 27.4 Å². The molecule has 104 heavy (non-hydrogen) atoms. The quantitative estimate of drug-likeness (QED) is 0.165. The summed E-state index contributed by atoms with van der Waals surface area (Å²) in [7, 11) is 0. The Balaban J connectivity index is 0.654. The molecule has 18 aromatic rings. The normalized spacial score (nSPS) is 16.5. The molecule has 2 fully saturated rings. The van der Waals surface area contributed by atoms with Gasteiger partial charge in [0, 0.05) is 187 Å². The van der Waals surface area contributed by atoms with E-state index in [1.54, 1.807) is 0 Å². The molecule has 0 aliphatic carbocycles. The van der Waals surface area contributed by atoms with E-state index in [9.17, 15) is 0 Å². The van der Waals surface area contributed by atoms with Gasteiger partial charge < -0.3 is 37.5 Å². The lowest BCUT2D eigenvalue weighted by molar-refractivity contribution is 0.783. The van der Waals surface area contributed by atoms with Gasteiger partial charge in [-0.15, -0.1) is 0 Å². The summed E-state index contributed by atoms with van der Waals surface area (Å²) < 4.78 is 11.0. The van der Waals surface area contributed by atoms with Crippen LogP contribution in [0.1, 0.15) is 30.7 Å². The predicted octanol–water partition coefficient (Wildman–Crippen LogP) is 15.4. The van der Waals surface area contributed by atoms with Crippen LogP contribution in [-0.2, 0) is 0 Å². The Morgan fingerprint density at radius 2 is 0.673 bits per heavy atom. The molecule has 0 radical (unpaired) electrons. The number of nitrogens with zero attached hydrogens (tertiary/aromatic N) is 8. The van der Waals surface area contributed by atoms with E-state index in [1.807, 2.05) is 0 Å². The summed E-state index contributed by atoms with van der Waals surface area (Å²) in [5, 5.41) is 10.7. The van der Waals surface area contributed by atoms with E-state index in [2.05, 4.69) is 298 Å². The third-order valence-corrected chi connectivity index (χ3v) is 27.1. The van der Waals surface area contributed by atoms with Crippen LogP contribution in [0.4, 0.5) is 45.5 Å². The molecule has 0 N–H and O–H groups in total. The van der Waals surface area contributed by atoms with Crippen molar-refractivity contribution in [1.29, 1.82) is 0 Å². The Morgan fingerprint density at radius 1 is 0.279 bits per heavy atom. The van der Waals surface area contributed by atoms with E-state index < -0.39 is 0 Å². The van der Waals surface area contributed by atoms with Gasteiger partial charge in [0.2, 0.25) is 0 Å². The van der Waals surface area contributed by atoms with Crippen LogP contribution >= 0.6 is 0 Å². The van der Waals surface area contributed by atoms with Crippen molar-refractivity contribution in [2.45, 2.75) is 25.2 Å². The summed E-state index contributed by atoms with van der Waals surface area (Å²) in [6.45, 7) is 3.87. The zero-order valence-corrected chi connectivity index (χ0v) is 56.7. The minimum absolute atomic E-state index is 0.00502. The maximum atomic E-state index is 2.81. The number of para-hydroxylation sites is 10. The molecule has 0 saturated carbocycles. The Kier molecular flexibility index (Phi) is 9.44. The highest BCUT2D eigenvalue weighted by molar-refractivity contribution is 6.96. The Bertz CT molecular complexity index is 7190. The summed E-state index contributed by atoms with van der Waals surface area (Å²) in [5.41, 5.74) is 44.4. The van der Waals surface area contributed by atoms with Crippen molar-refractivity contribution < 1.29 is 0 Å². The number of hydrogen-bond acceptors (Lipinski definition) is 4. The average molecular weight is 1320 g/mol. The van der Waals surface area contributed by atoms with Crippen LogP contribution in [-0.4, -0.2) is 71.5 Å². The largest absolute Gasteiger partial charge is 0.375 e. The Morgan fingerprint density at radius 3 is 1.21 bits per heavy atom. The lowest BCUT2D eigenvalue weighted by atomic mass is 9.39. The Hall–Kier alpha value is -12.3. The van der Waals surface area contributed by atoms with Crippen molar-refractivity contribution in [3.63, 3.8) is 0 Å². The third kappa shape index (κ3) is 6.02. The van der Waals surface area contributed by atoms with Gasteiger partial charge in [0.25, 0.3) is 0 Å². The highest BCUT2D eigenvalue weighted by atomic mass is 15.2. The monoisotopic (exact) mass is 1320 g/mol. The van der Waals surface area contributed by atoms with Gasteiger partial charge in [-0.2, -0.15) is 0 Å². The van der Waals surface area contributed by atoms with Gasteiger partial charge in [-0.3, -0.25) is 0 Å². The van der Waals surface area contributed by atoms with Gasteiger partial charge in [0.1, 0.15) is 0 Å². The van der Waals surface area contributed by atoms with Crippen LogP contribution in [0.3, 0.4) is 0 Å². The molecule has 14 aromatic carbocycles. The maximum absolute atomic E-state index is 2.81. The first-order chi connectivity index (χ1) is 51.7. The third-order valence-electron chi connectivity index (χ3n) is 27.1. The highest BCUT2D eigenvalue weighted by Gasteiger charge is 2.54. The lowest BCUT2D eigenvalue weighted by Crippen LogP contribution is -2.64. The molecular formula is C92H58B4N8. The zero-order chi connectivity index (χ0) is 66.5. The summed E-state index contributed by atoms with van der Waals surface area (Å²) in [5.74, 6) is 0.279. The minimum Gasteiger partial charge on any atom is -0.375 e. The van der Waals surface area contributed by atoms with Crippen molar-refractivity contribution in [1.82, 2.24) is 17.9 Å². The van der Waals surface area contributed by atoms with Crippen LogP contribution in [0.25, 0.3) is 132 Å². The second-order valence-electron chi connectivity index (χ2n) is 31.4. The number of anilines is 8. The molecular weight excluding hydrogens is 1260 g/mol. The maximum Gasteiger partial charge on any atom is 0.333 e. The van der Waals surface area contributed by atoms with Crippen molar-refractivity contribution in [3.05, 3.63) is 266 Å². The van der Waals surface area contributed by atoms with Gasteiger partial charge in [-0.1, -0.05) is 194 Å². The van der Waals surface area contributed by atoms with Crippen LogP contribution in [0, 0.1) is 0 Å². The van der Waals surface area contributed by atoms with Crippen molar-refractivity contribution >= 4 is 204 Å². The number of rotatable bonds is 3. The predicted molar refractivity (Wildman–Crippen MR) is 439 cm³/mol. The van der Waals surface area contributed by atoms with Gasteiger partial charge in [-0.05, 0) is 158 Å². The number of hydrogen-bond donors (Lipinski definition) is 0. The van der Waals surface area contributed by atoms with E-state index in [1.165, 1.54) is 239 Å². The average Bonchev–Trinajstić information content (AvgIpc) is 1.28. The van der Waals surface area contributed by atoms with Crippen molar-refractivity contribution in [2.24, 2.45) is 0 Å². The standard InChI is InChI=1S/C92H58B4N8/c1-6-35-74-55(19-1)60-25-15-28-63-68-49-69-64-29-16-30-65-82-54(22-17-40-79(82)104(90(64)65)94-71-32-5-10-39-78(71)99-77-38-9-4-31-70(77)93(101(74)89(60)63)85(68)92(99)86(69)94)51-41-44-98(50-51)53-46-67-62-27-14-24-59-57-21-3-8-37-76(57)103(88(59)62)96-73-34-18-33-72-91(73)100(81(48-53)84(67)96)80-47-52(97-42-11-12-43-97)45-66-61-26-13-23-58-56-20-2-7-36-75(56)102(87(58)61)95(72)83(66)80/h1-10,13-40,45-49,51H,11-12,41-44,50H2. The second kappa shape index (κ2) is 18.3. The minimum atomic E-state index is -0.0555. The fraction of sp³-hybridized carbons (Fsp3) is 0.0870. The van der Waals surface area contributed by atoms with Gasteiger partial charge in [0.15, 0.2) is 0 Å². The van der Waals surface area contributed by atoms with Crippen LogP contribution in [0.2, 0.25) is 0 Å². The van der Waals surface area contributed by atoms with Gasteiger partial charge in [0.05, 0.1) is 0 Å². The summed E-state index contributed by atoms with van der Waals surface area (Å²) >= 11 is 0. The molecule has 28 rings (SSSR count). The number of fused-ring (bicyclic) bond motifs is 30. The summed E-state index contributed by atoms with van der Waals surface area (Å²) in [6, 6.07) is 103. The molecule has 2 saturated heterocycles. The first-order valence-corrected chi connectivity index (χ1v) is 37.8. The van der Waals surface area contributed by atoms with E-state index >= 15 is 0 Å². The van der Waals surface area contributed by atoms with E-state index in [4.69, 9.17) is 0 Å². The topological polar surface area (TPSA) is 32.7 Å². The van der Waals surface area contributed by atoms with E-state index in [0.717, 1.165) is 32.6 Å². The summed E-state index contributed by atoms with van der Waals surface area (Å²) in [6.07, 6.45) is 3.48. The zero-order valence-electron chi connectivity index (χ0n) is 56.7. The van der Waals surface area contributed by atoms with Crippen LogP contribution < -0.4 is 63.3 Å². The molecule has 10 aliphatic rings. The molecule has 478 valence electrons. The highest BCUT2D eigenvalue weighted by Crippen LogP contribution is 2.55. The first-order valence-electron chi connectivity index (χ1n) is 37.8. The summed E-state index contributed by atoms with van der Waals surface area (Å²) in [4.78, 5) is 10.9. The SMILES string of the molecule is c1ccc2c(c1)B1c3c(cc4c5c3N2c2ccccc2B5n2c3cccc(C5CCN(c6cc7c8c(c6)N6c9cc(N%10CCCC%10)cc%10c9B(c9cccc(c96)B8n6c8ccccc8c8cccc-7c86)n6c7ccccc7c7cccc-%10c76)C5)c3c3cccc-4c32)-c2cccc3c4ccccc4n1c23. The van der Waals surface area contributed by atoms with Crippen LogP contribution in [0.15, 0.2) is 261 Å². The molecule has 1 atom stereocenters. The molecule has 14 heterocycles. The number of benzene rings is 14. The van der Waals surface area contributed by atoms with Gasteiger partial charge in [-0.25, -0.2) is 0 Å². The molecule has 0 spiro atoms. The number of aromatic nitrogens is 4.